The van der Waals surface area contributed by atoms with Gasteiger partial charge in [0.05, 0.1) is 11.3 Å². The number of likely N-dealkylation sites (N-methyl/N-ethyl adjacent to an activating group) is 1. The number of carbonyl (C=O) groups is 2. The molecule has 1 aromatic heterocycles. The predicted molar refractivity (Wildman–Crippen MR) is 74.2 cm³/mol. The van der Waals surface area contributed by atoms with Crippen LogP contribution in [0.3, 0.4) is 0 Å². The molecule has 18 heavy (non-hydrogen) atoms. The Morgan fingerprint density at radius 2 is 1.89 bits per heavy atom. The Bertz CT molecular complexity index is 613. The highest BCUT2D eigenvalue weighted by Gasteiger charge is 2.18. The van der Waals surface area contributed by atoms with Gasteiger partial charge in [0.25, 0.3) is 0 Å². The van der Waals surface area contributed by atoms with Crippen LogP contribution in [0.5, 0.6) is 0 Å². The first kappa shape index (κ1) is 12.8. The van der Waals surface area contributed by atoms with Crippen LogP contribution in [0.25, 0.3) is 10.1 Å². The minimum absolute atomic E-state index is 0.0149. The van der Waals surface area contributed by atoms with Crippen molar-refractivity contribution in [1.29, 1.82) is 0 Å². The topological polar surface area (TPSA) is 37.4 Å². The highest BCUT2D eigenvalue weighted by Crippen LogP contribution is 2.32. The SMILES string of the molecule is CC(=O)c1sc2ccccc2c1CC(=O)N(C)C. The molecule has 0 N–H and O–H groups in total. The quantitative estimate of drug-likeness (QED) is 0.797. The van der Waals surface area contributed by atoms with Gasteiger partial charge < -0.3 is 4.90 Å². The molecule has 0 fully saturated rings. The number of ketones is 1. The van der Waals surface area contributed by atoms with Gasteiger partial charge >= 0.3 is 0 Å². The van der Waals surface area contributed by atoms with Gasteiger partial charge in [-0.3, -0.25) is 9.59 Å². The van der Waals surface area contributed by atoms with Crippen molar-refractivity contribution < 1.29 is 9.59 Å². The molecule has 0 aliphatic rings. The fourth-order valence-electron chi connectivity index (χ4n) is 1.87. The number of hydrogen-bond donors (Lipinski definition) is 0. The van der Waals surface area contributed by atoms with Gasteiger partial charge in [-0.15, -0.1) is 11.3 Å². The van der Waals surface area contributed by atoms with Crippen molar-refractivity contribution in [3.8, 4) is 0 Å². The summed E-state index contributed by atoms with van der Waals surface area (Å²) in [7, 11) is 3.45. The van der Waals surface area contributed by atoms with Crippen molar-refractivity contribution in [3.63, 3.8) is 0 Å². The van der Waals surface area contributed by atoms with Crippen LogP contribution in [0.2, 0.25) is 0 Å². The molecule has 0 saturated carbocycles. The number of nitrogens with zero attached hydrogens (tertiary/aromatic N) is 1. The number of carbonyl (C=O) groups excluding carboxylic acids is 2. The number of benzene rings is 1. The smallest absolute Gasteiger partial charge is 0.226 e. The molecule has 0 bridgehead atoms. The van der Waals surface area contributed by atoms with Gasteiger partial charge in [0, 0.05) is 18.8 Å². The van der Waals surface area contributed by atoms with Gasteiger partial charge in [-0.25, -0.2) is 0 Å². The Hall–Kier alpha value is -1.68. The maximum atomic E-state index is 11.8. The molecular formula is C14H15NO2S. The van der Waals surface area contributed by atoms with Crippen molar-refractivity contribution >= 4 is 33.1 Å². The monoisotopic (exact) mass is 261 g/mol. The molecular weight excluding hydrogens is 246 g/mol. The fourth-order valence-corrected chi connectivity index (χ4v) is 2.98. The zero-order valence-electron chi connectivity index (χ0n) is 10.7. The second kappa shape index (κ2) is 4.90. The Morgan fingerprint density at radius 3 is 2.50 bits per heavy atom. The zero-order chi connectivity index (χ0) is 13.3. The van der Waals surface area contributed by atoms with Crippen LogP contribution in [0.4, 0.5) is 0 Å². The summed E-state index contributed by atoms with van der Waals surface area (Å²) in [5, 5.41) is 1.02. The van der Waals surface area contributed by atoms with Crippen molar-refractivity contribution in [2.75, 3.05) is 14.1 Å². The van der Waals surface area contributed by atoms with E-state index in [1.54, 1.807) is 25.9 Å². The first-order valence-corrected chi connectivity index (χ1v) is 6.54. The number of fused-ring (bicyclic) bond motifs is 1. The summed E-state index contributed by atoms with van der Waals surface area (Å²) >= 11 is 1.47. The fraction of sp³-hybridized carbons (Fsp3) is 0.286. The molecule has 0 spiro atoms. The van der Waals surface area contributed by atoms with Crippen LogP contribution in [0.1, 0.15) is 22.2 Å². The predicted octanol–water partition coefficient (Wildman–Crippen LogP) is 2.73. The molecule has 0 saturated heterocycles. The Morgan fingerprint density at radius 1 is 1.22 bits per heavy atom. The van der Waals surface area contributed by atoms with Gasteiger partial charge in [0.2, 0.25) is 5.91 Å². The van der Waals surface area contributed by atoms with Crippen molar-refractivity contribution in [2.24, 2.45) is 0 Å². The third kappa shape index (κ3) is 2.29. The molecule has 94 valence electrons. The molecule has 0 unspecified atom stereocenters. The van der Waals surface area contributed by atoms with Crippen LogP contribution in [0, 0.1) is 0 Å². The van der Waals surface area contributed by atoms with E-state index < -0.39 is 0 Å². The summed E-state index contributed by atoms with van der Waals surface area (Å²) in [5.74, 6) is 0.0406. The Kier molecular flexibility index (Phi) is 3.48. The summed E-state index contributed by atoms with van der Waals surface area (Å²) in [6.07, 6.45) is 0.284. The second-order valence-electron chi connectivity index (χ2n) is 4.43. The van der Waals surface area contributed by atoms with Gasteiger partial charge in [-0.2, -0.15) is 0 Å². The first-order valence-electron chi connectivity index (χ1n) is 5.72. The van der Waals surface area contributed by atoms with E-state index in [1.807, 2.05) is 24.3 Å². The number of hydrogen-bond acceptors (Lipinski definition) is 3. The van der Waals surface area contributed by atoms with E-state index >= 15 is 0 Å². The summed E-state index contributed by atoms with van der Waals surface area (Å²) in [4.78, 5) is 25.8. The maximum Gasteiger partial charge on any atom is 0.226 e. The van der Waals surface area contributed by atoms with E-state index in [-0.39, 0.29) is 18.1 Å². The molecule has 1 heterocycles. The molecule has 0 aliphatic carbocycles. The molecule has 0 aliphatic heterocycles. The average molecular weight is 261 g/mol. The molecule has 2 aromatic rings. The van der Waals surface area contributed by atoms with Crippen molar-refractivity contribution in [1.82, 2.24) is 4.90 Å². The van der Waals surface area contributed by atoms with Crippen LogP contribution in [-0.4, -0.2) is 30.7 Å². The van der Waals surface area contributed by atoms with Crippen molar-refractivity contribution in [3.05, 3.63) is 34.7 Å². The summed E-state index contributed by atoms with van der Waals surface area (Å²) in [6, 6.07) is 7.83. The minimum atomic E-state index is 0.0149. The lowest BCUT2D eigenvalue weighted by Crippen LogP contribution is -2.23. The maximum absolute atomic E-state index is 11.8. The van der Waals surface area contributed by atoms with Crippen LogP contribution in [0.15, 0.2) is 24.3 Å². The lowest BCUT2D eigenvalue weighted by Gasteiger charge is -2.10. The molecule has 0 radical (unpaired) electrons. The van der Waals surface area contributed by atoms with E-state index in [1.165, 1.54) is 11.3 Å². The molecule has 0 atom stereocenters. The van der Waals surface area contributed by atoms with E-state index in [9.17, 15) is 9.59 Å². The van der Waals surface area contributed by atoms with E-state index in [0.29, 0.717) is 4.88 Å². The normalized spacial score (nSPS) is 10.6. The zero-order valence-corrected chi connectivity index (χ0v) is 11.5. The molecule has 3 nitrogen and oxygen atoms in total. The lowest BCUT2D eigenvalue weighted by atomic mass is 10.1. The number of amides is 1. The Balaban J connectivity index is 2.55. The number of rotatable bonds is 3. The standard InChI is InChI=1S/C14H15NO2S/c1-9(16)14-11(8-13(17)15(2)3)10-6-4-5-7-12(10)18-14/h4-7H,8H2,1-3H3. The summed E-state index contributed by atoms with van der Waals surface area (Å²) < 4.78 is 1.06. The molecule has 1 amide bonds. The largest absolute Gasteiger partial charge is 0.349 e. The molecule has 4 heteroatoms. The number of thiophene rings is 1. The van der Waals surface area contributed by atoms with E-state index in [0.717, 1.165) is 15.6 Å². The summed E-state index contributed by atoms with van der Waals surface area (Å²) in [5.41, 5.74) is 0.863. The van der Waals surface area contributed by atoms with Gasteiger partial charge in [-0.05, 0) is 23.9 Å². The third-order valence-corrected chi connectivity index (χ3v) is 4.16. The second-order valence-corrected chi connectivity index (χ2v) is 5.48. The Labute approximate surface area is 110 Å². The summed E-state index contributed by atoms with van der Waals surface area (Å²) in [6.45, 7) is 1.55. The van der Waals surface area contributed by atoms with Crippen LogP contribution in [-0.2, 0) is 11.2 Å². The van der Waals surface area contributed by atoms with Crippen LogP contribution < -0.4 is 0 Å². The van der Waals surface area contributed by atoms with Crippen molar-refractivity contribution in [2.45, 2.75) is 13.3 Å². The third-order valence-electron chi connectivity index (χ3n) is 2.84. The first-order chi connectivity index (χ1) is 8.50. The molecule has 2 rings (SSSR count). The molecule has 1 aromatic carbocycles. The van der Waals surface area contributed by atoms with Gasteiger partial charge in [0.1, 0.15) is 0 Å². The highest BCUT2D eigenvalue weighted by molar-refractivity contribution is 7.21. The van der Waals surface area contributed by atoms with Gasteiger partial charge in [0.15, 0.2) is 5.78 Å². The lowest BCUT2D eigenvalue weighted by molar-refractivity contribution is -0.127. The minimum Gasteiger partial charge on any atom is -0.349 e. The highest BCUT2D eigenvalue weighted by atomic mass is 32.1. The average Bonchev–Trinajstić information content (AvgIpc) is 2.68. The number of Topliss-reactive ketones (excluding diaryl/α,β-unsaturated/α-hetero) is 1. The van der Waals surface area contributed by atoms with E-state index in [4.69, 9.17) is 0 Å². The van der Waals surface area contributed by atoms with E-state index in [2.05, 4.69) is 0 Å². The van der Waals surface area contributed by atoms with Gasteiger partial charge in [-0.1, -0.05) is 18.2 Å². The van der Waals surface area contributed by atoms with Crippen LogP contribution >= 0.6 is 11.3 Å².